The van der Waals surface area contributed by atoms with Crippen molar-refractivity contribution in [2.24, 2.45) is 7.05 Å². The molecule has 0 saturated carbocycles. The molecule has 0 aliphatic carbocycles. The summed E-state index contributed by atoms with van der Waals surface area (Å²) in [6, 6.07) is 9.90. The number of H-pyrrole nitrogens is 1. The van der Waals surface area contributed by atoms with Crippen LogP contribution in [0.3, 0.4) is 0 Å². The molecule has 0 aliphatic heterocycles. The summed E-state index contributed by atoms with van der Waals surface area (Å²) in [5.41, 5.74) is 0.948. The molecule has 2 aromatic heterocycles. The second kappa shape index (κ2) is 6.15. The van der Waals surface area contributed by atoms with Crippen molar-refractivity contribution in [2.75, 3.05) is 5.75 Å². The summed E-state index contributed by atoms with van der Waals surface area (Å²) in [6.45, 7) is 0. The van der Waals surface area contributed by atoms with Gasteiger partial charge in [0.1, 0.15) is 5.82 Å². The predicted octanol–water partition coefficient (Wildman–Crippen LogP) is 2.92. The Bertz CT molecular complexity index is 798. The van der Waals surface area contributed by atoms with Crippen LogP contribution in [-0.2, 0) is 7.05 Å². The van der Waals surface area contributed by atoms with Gasteiger partial charge < -0.3 is 9.55 Å². The van der Waals surface area contributed by atoms with E-state index in [0.29, 0.717) is 22.2 Å². The van der Waals surface area contributed by atoms with Gasteiger partial charge in [-0.25, -0.2) is 4.39 Å². The van der Waals surface area contributed by atoms with E-state index >= 15 is 0 Å². The average Bonchev–Trinajstić information content (AvgIpc) is 3.16. The van der Waals surface area contributed by atoms with Gasteiger partial charge in [0.05, 0.1) is 17.0 Å². The lowest BCUT2D eigenvalue weighted by Gasteiger charge is -2.04. The highest BCUT2D eigenvalue weighted by molar-refractivity contribution is 7.99. The number of ketones is 1. The lowest BCUT2D eigenvalue weighted by molar-refractivity contribution is 0.101. The van der Waals surface area contributed by atoms with Crippen LogP contribution in [0.2, 0.25) is 0 Å². The van der Waals surface area contributed by atoms with E-state index in [-0.39, 0.29) is 17.4 Å². The molecule has 2 heterocycles. The maximum atomic E-state index is 13.8. The van der Waals surface area contributed by atoms with Crippen LogP contribution < -0.4 is 0 Å². The van der Waals surface area contributed by atoms with Crippen LogP contribution >= 0.6 is 11.8 Å². The quantitative estimate of drug-likeness (QED) is 0.581. The Morgan fingerprint density at radius 1 is 1.27 bits per heavy atom. The molecule has 0 atom stereocenters. The van der Waals surface area contributed by atoms with Gasteiger partial charge in [-0.05, 0) is 24.3 Å². The fraction of sp³-hybridized carbons (Fsp3) is 0.133. The number of hydrogen-bond donors (Lipinski definition) is 1. The summed E-state index contributed by atoms with van der Waals surface area (Å²) in [7, 11) is 1.75. The summed E-state index contributed by atoms with van der Waals surface area (Å²) in [5.74, 6) is 0.305. The van der Waals surface area contributed by atoms with E-state index in [2.05, 4.69) is 15.2 Å². The summed E-state index contributed by atoms with van der Waals surface area (Å²) < 4.78 is 15.5. The Balaban J connectivity index is 1.77. The lowest BCUT2D eigenvalue weighted by Crippen LogP contribution is -2.04. The number of nitrogens with one attached hydrogen (secondary N) is 1. The predicted molar refractivity (Wildman–Crippen MR) is 82.2 cm³/mol. The van der Waals surface area contributed by atoms with Gasteiger partial charge >= 0.3 is 0 Å². The van der Waals surface area contributed by atoms with Crippen molar-refractivity contribution in [3.63, 3.8) is 0 Å². The first-order chi connectivity index (χ1) is 10.7. The zero-order valence-electron chi connectivity index (χ0n) is 11.8. The third kappa shape index (κ3) is 2.80. The maximum Gasteiger partial charge on any atom is 0.191 e. The highest BCUT2D eigenvalue weighted by Crippen LogP contribution is 2.24. The summed E-state index contributed by atoms with van der Waals surface area (Å²) in [6.07, 6.45) is 1.70. The molecule has 1 N–H and O–H groups in total. The average molecular weight is 316 g/mol. The van der Waals surface area contributed by atoms with E-state index in [1.807, 2.05) is 0 Å². The van der Waals surface area contributed by atoms with Gasteiger partial charge in [-0.15, -0.1) is 10.2 Å². The van der Waals surface area contributed by atoms with Crippen LogP contribution in [0.15, 0.2) is 47.8 Å². The monoisotopic (exact) mass is 316 g/mol. The van der Waals surface area contributed by atoms with Crippen molar-refractivity contribution in [1.29, 1.82) is 0 Å². The number of nitrogens with zero attached hydrogens (tertiary/aromatic N) is 3. The van der Waals surface area contributed by atoms with Gasteiger partial charge in [-0.1, -0.05) is 23.9 Å². The number of thioether (sulfide) groups is 1. The molecule has 112 valence electrons. The number of aromatic amines is 1. The van der Waals surface area contributed by atoms with E-state index in [4.69, 9.17) is 0 Å². The number of rotatable bonds is 5. The minimum atomic E-state index is -0.350. The van der Waals surface area contributed by atoms with Crippen molar-refractivity contribution in [3.8, 4) is 11.4 Å². The molecule has 0 saturated heterocycles. The minimum Gasteiger partial charge on any atom is -0.359 e. The lowest BCUT2D eigenvalue weighted by atomic mass is 10.2. The first-order valence-electron chi connectivity index (χ1n) is 6.60. The molecular formula is C15H13FN4OS. The highest BCUT2D eigenvalue weighted by atomic mass is 32.2. The van der Waals surface area contributed by atoms with E-state index in [9.17, 15) is 9.18 Å². The van der Waals surface area contributed by atoms with Crippen LogP contribution in [0.25, 0.3) is 11.4 Å². The van der Waals surface area contributed by atoms with Crippen molar-refractivity contribution in [3.05, 3.63) is 54.1 Å². The number of benzene rings is 1. The fourth-order valence-electron chi connectivity index (χ4n) is 2.03. The van der Waals surface area contributed by atoms with Gasteiger partial charge in [-0.3, -0.25) is 4.79 Å². The third-order valence-electron chi connectivity index (χ3n) is 3.18. The SMILES string of the molecule is Cn1c(SCC(=O)c2ccc[nH]2)nnc1-c1ccccc1F. The zero-order chi connectivity index (χ0) is 15.5. The van der Waals surface area contributed by atoms with Crippen molar-refractivity contribution in [1.82, 2.24) is 19.7 Å². The van der Waals surface area contributed by atoms with Crippen LogP contribution in [-0.4, -0.2) is 31.3 Å². The van der Waals surface area contributed by atoms with E-state index in [0.717, 1.165) is 0 Å². The van der Waals surface area contributed by atoms with E-state index in [1.54, 1.807) is 48.1 Å². The molecule has 22 heavy (non-hydrogen) atoms. The van der Waals surface area contributed by atoms with Crippen molar-refractivity contribution < 1.29 is 9.18 Å². The normalized spacial score (nSPS) is 10.8. The second-order valence-corrected chi connectivity index (χ2v) is 5.58. The van der Waals surface area contributed by atoms with Gasteiger partial charge in [0.25, 0.3) is 0 Å². The van der Waals surface area contributed by atoms with Crippen LogP contribution in [0.4, 0.5) is 4.39 Å². The second-order valence-electron chi connectivity index (χ2n) is 4.64. The summed E-state index contributed by atoms with van der Waals surface area (Å²) >= 11 is 1.27. The minimum absolute atomic E-state index is 0.0227. The third-order valence-corrected chi connectivity index (χ3v) is 4.20. The summed E-state index contributed by atoms with van der Waals surface area (Å²) in [5, 5.41) is 8.62. The molecule has 1 aromatic carbocycles. The van der Waals surface area contributed by atoms with Gasteiger partial charge in [0.15, 0.2) is 16.8 Å². The molecule has 3 rings (SSSR count). The Morgan fingerprint density at radius 2 is 2.09 bits per heavy atom. The van der Waals surface area contributed by atoms with Gasteiger partial charge in [0, 0.05) is 13.2 Å². The Hall–Kier alpha value is -2.41. The Kier molecular flexibility index (Phi) is 4.06. The largest absolute Gasteiger partial charge is 0.359 e. The number of carbonyl (C=O) groups is 1. The topological polar surface area (TPSA) is 63.6 Å². The molecule has 0 fully saturated rings. The first kappa shape index (κ1) is 14.5. The first-order valence-corrected chi connectivity index (χ1v) is 7.59. The van der Waals surface area contributed by atoms with Gasteiger partial charge in [0.2, 0.25) is 0 Å². The van der Waals surface area contributed by atoms with E-state index < -0.39 is 0 Å². The highest BCUT2D eigenvalue weighted by Gasteiger charge is 2.16. The molecule has 0 aliphatic rings. The molecule has 0 amide bonds. The number of Topliss-reactive ketones (excluding diaryl/α,β-unsaturated/α-hetero) is 1. The molecule has 3 aromatic rings. The van der Waals surface area contributed by atoms with E-state index in [1.165, 1.54) is 17.8 Å². The molecule has 7 heteroatoms. The van der Waals surface area contributed by atoms with Crippen molar-refractivity contribution in [2.45, 2.75) is 5.16 Å². The van der Waals surface area contributed by atoms with Crippen LogP contribution in [0.5, 0.6) is 0 Å². The smallest absolute Gasteiger partial charge is 0.191 e. The Morgan fingerprint density at radius 3 is 2.82 bits per heavy atom. The standard InChI is InChI=1S/C15H13FN4OS/c1-20-14(10-5-2-3-6-11(10)16)18-19-15(20)22-9-13(21)12-7-4-8-17-12/h2-8,17H,9H2,1H3. The zero-order valence-corrected chi connectivity index (χ0v) is 12.6. The van der Waals surface area contributed by atoms with Crippen LogP contribution in [0, 0.1) is 5.82 Å². The maximum absolute atomic E-state index is 13.8. The Labute approximate surface area is 130 Å². The fourth-order valence-corrected chi connectivity index (χ4v) is 2.82. The van der Waals surface area contributed by atoms with Crippen molar-refractivity contribution >= 4 is 17.5 Å². The number of halogens is 1. The van der Waals surface area contributed by atoms with Gasteiger partial charge in [-0.2, -0.15) is 0 Å². The number of carbonyl (C=O) groups excluding carboxylic acids is 1. The number of hydrogen-bond acceptors (Lipinski definition) is 4. The molecule has 0 radical (unpaired) electrons. The number of aromatic nitrogens is 4. The molecule has 5 nitrogen and oxygen atoms in total. The van der Waals surface area contributed by atoms with Crippen LogP contribution in [0.1, 0.15) is 10.5 Å². The molecule has 0 spiro atoms. The molecular weight excluding hydrogens is 303 g/mol. The summed E-state index contributed by atoms with van der Waals surface area (Å²) in [4.78, 5) is 14.8. The molecule has 0 bridgehead atoms. The molecule has 0 unspecified atom stereocenters.